The lowest BCUT2D eigenvalue weighted by Gasteiger charge is -2.42. The SMILES string of the molecule is CC1[C@@H]2CC[C@@]1(C)[C@](O)(c1ccccc1)C2. The first-order chi connectivity index (χ1) is 7.58. The van der Waals surface area contributed by atoms with Crippen molar-refractivity contribution in [2.24, 2.45) is 17.3 Å². The molecule has 1 nitrogen and oxygen atoms in total. The summed E-state index contributed by atoms with van der Waals surface area (Å²) in [4.78, 5) is 0. The molecule has 1 heteroatoms. The van der Waals surface area contributed by atoms with Gasteiger partial charge in [-0.1, -0.05) is 44.2 Å². The van der Waals surface area contributed by atoms with Crippen molar-refractivity contribution in [3.05, 3.63) is 35.9 Å². The summed E-state index contributed by atoms with van der Waals surface area (Å²) in [6, 6.07) is 10.3. The van der Waals surface area contributed by atoms with Crippen LogP contribution in [-0.4, -0.2) is 5.11 Å². The molecule has 0 aliphatic heterocycles. The van der Waals surface area contributed by atoms with Gasteiger partial charge in [0.25, 0.3) is 0 Å². The highest BCUT2D eigenvalue weighted by atomic mass is 16.3. The van der Waals surface area contributed by atoms with Crippen LogP contribution in [0, 0.1) is 17.3 Å². The molecule has 1 aromatic carbocycles. The van der Waals surface area contributed by atoms with Crippen LogP contribution in [-0.2, 0) is 5.60 Å². The van der Waals surface area contributed by atoms with E-state index in [9.17, 15) is 5.11 Å². The van der Waals surface area contributed by atoms with Crippen molar-refractivity contribution in [1.29, 1.82) is 0 Å². The van der Waals surface area contributed by atoms with Gasteiger partial charge in [0.2, 0.25) is 0 Å². The second kappa shape index (κ2) is 3.10. The Balaban J connectivity index is 2.08. The maximum atomic E-state index is 11.1. The van der Waals surface area contributed by atoms with Gasteiger partial charge in [0, 0.05) is 5.41 Å². The van der Waals surface area contributed by atoms with Gasteiger partial charge in [0.05, 0.1) is 5.60 Å². The molecule has 16 heavy (non-hydrogen) atoms. The van der Waals surface area contributed by atoms with E-state index in [1.165, 1.54) is 12.8 Å². The standard InChI is InChI=1S/C15H20O/c1-11-12-8-9-14(11,2)15(16,10-12)13-6-4-3-5-7-13/h3-7,11-12,16H,8-10H2,1-2H3/t11?,12-,14-,15-/m1/s1. The van der Waals surface area contributed by atoms with E-state index in [-0.39, 0.29) is 5.41 Å². The minimum Gasteiger partial charge on any atom is -0.385 e. The quantitative estimate of drug-likeness (QED) is 0.763. The van der Waals surface area contributed by atoms with Crippen LogP contribution in [0.4, 0.5) is 0 Å². The molecule has 1 aromatic rings. The molecule has 1 unspecified atom stereocenters. The van der Waals surface area contributed by atoms with Crippen molar-refractivity contribution in [1.82, 2.24) is 0 Å². The van der Waals surface area contributed by atoms with Crippen LogP contribution in [0.3, 0.4) is 0 Å². The Morgan fingerprint density at radius 3 is 2.44 bits per heavy atom. The smallest absolute Gasteiger partial charge is 0.0955 e. The second-order valence-corrected chi connectivity index (χ2v) is 5.94. The topological polar surface area (TPSA) is 20.2 Å². The molecule has 0 spiro atoms. The van der Waals surface area contributed by atoms with Crippen LogP contribution in [0.5, 0.6) is 0 Å². The summed E-state index contributed by atoms with van der Waals surface area (Å²) < 4.78 is 0. The largest absolute Gasteiger partial charge is 0.385 e. The van der Waals surface area contributed by atoms with Crippen LogP contribution in [0.1, 0.15) is 38.7 Å². The monoisotopic (exact) mass is 216 g/mol. The molecule has 0 heterocycles. The third-order valence-electron chi connectivity index (χ3n) is 5.50. The number of fused-ring (bicyclic) bond motifs is 2. The third-order valence-corrected chi connectivity index (χ3v) is 5.50. The van der Waals surface area contributed by atoms with Crippen molar-refractivity contribution in [3.63, 3.8) is 0 Å². The lowest BCUT2D eigenvalue weighted by atomic mass is 9.67. The van der Waals surface area contributed by atoms with Gasteiger partial charge >= 0.3 is 0 Å². The minimum atomic E-state index is -0.587. The molecular weight excluding hydrogens is 196 g/mol. The highest BCUT2D eigenvalue weighted by molar-refractivity contribution is 5.29. The van der Waals surface area contributed by atoms with E-state index in [4.69, 9.17) is 0 Å². The summed E-state index contributed by atoms with van der Waals surface area (Å²) in [5.74, 6) is 1.37. The fourth-order valence-electron chi connectivity index (χ4n) is 4.12. The normalized spacial score (nSPS) is 46.2. The highest BCUT2D eigenvalue weighted by Crippen LogP contribution is 2.66. The first-order valence-corrected chi connectivity index (χ1v) is 6.36. The zero-order chi connectivity index (χ0) is 11.4. The molecule has 4 atom stereocenters. The van der Waals surface area contributed by atoms with E-state index in [1.54, 1.807) is 0 Å². The number of hydrogen-bond acceptors (Lipinski definition) is 1. The van der Waals surface area contributed by atoms with Gasteiger partial charge in [-0.15, -0.1) is 0 Å². The van der Waals surface area contributed by atoms with E-state index in [2.05, 4.69) is 26.0 Å². The van der Waals surface area contributed by atoms with Gasteiger partial charge in [0.1, 0.15) is 0 Å². The number of rotatable bonds is 1. The molecule has 0 saturated heterocycles. The van der Waals surface area contributed by atoms with E-state index in [1.807, 2.05) is 18.2 Å². The zero-order valence-corrected chi connectivity index (χ0v) is 10.1. The fourth-order valence-corrected chi connectivity index (χ4v) is 4.12. The predicted molar refractivity (Wildman–Crippen MR) is 65.0 cm³/mol. The van der Waals surface area contributed by atoms with Gasteiger partial charge in [0.15, 0.2) is 0 Å². The summed E-state index contributed by atoms with van der Waals surface area (Å²) in [7, 11) is 0. The molecular formula is C15H20O. The van der Waals surface area contributed by atoms with Crippen LogP contribution in [0.2, 0.25) is 0 Å². The Morgan fingerprint density at radius 1 is 1.25 bits per heavy atom. The van der Waals surface area contributed by atoms with E-state index >= 15 is 0 Å². The first kappa shape index (κ1) is 10.3. The Kier molecular flexibility index (Phi) is 2.00. The van der Waals surface area contributed by atoms with Crippen LogP contribution in [0.15, 0.2) is 30.3 Å². The summed E-state index contributed by atoms with van der Waals surface area (Å²) in [5.41, 5.74) is 0.613. The second-order valence-electron chi connectivity index (χ2n) is 5.94. The molecule has 86 valence electrons. The van der Waals surface area contributed by atoms with E-state index in [0.29, 0.717) is 5.92 Å². The molecule has 0 aromatic heterocycles. The van der Waals surface area contributed by atoms with Crippen molar-refractivity contribution < 1.29 is 5.11 Å². The number of hydrogen-bond donors (Lipinski definition) is 1. The molecule has 2 bridgehead atoms. The average Bonchev–Trinajstić information content (AvgIpc) is 2.69. The number of aliphatic hydroxyl groups is 1. The summed E-state index contributed by atoms with van der Waals surface area (Å²) in [6.45, 7) is 4.59. The summed E-state index contributed by atoms with van der Waals surface area (Å²) in [6.07, 6.45) is 3.42. The number of benzene rings is 1. The predicted octanol–water partition coefficient (Wildman–Crippen LogP) is 3.33. The van der Waals surface area contributed by atoms with Gasteiger partial charge in [-0.05, 0) is 36.7 Å². The Labute approximate surface area is 97.5 Å². The first-order valence-electron chi connectivity index (χ1n) is 6.36. The average molecular weight is 216 g/mol. The van der Waals surface area contributed by atoms with E-state index < -0.39 is 5.60 Å². The molecule has 2 saturated carbocycles. The maximum Gasteiger partial charge on any atom is 0.0955 e. The Hall–Kier alpha value is -0.820. The molecule has 2 aliphatic carbocycles. The Bertz CT molecular complexity index is 399. The van der Waals surface area contributed by atoms with Gasteiger partial charge in [-0.2, -0.15) is 0 Å². The fraction of sp³-hybridized carbons (Fsp3) is 0.600. The van der Waals surface area contributed by atoms with Crippen molar-refractivity contribution in [3.8, 4) is 0 Å². The molecule has 1 N–H and O–H groups in total. The van der Waals surface area contributed by atoms with Crippen LogP contribution >= 0.6 is 0 Å². The van der Waals surface area contributed by atoms with Crippen molar-refractivity contribution in [2.75, 3.05) is 0 Å². The van der Waals surface area contributed by atoms with Gasteiger partial charge in [-0.25, -0.2) is 0 Å². The van der Waals surface area contributed by atoms with Gasteiger partial charge < -0.3 is 5.11 Å². The van der Waals surface area contributed by atoms with Crippen molar-refractivity contribution >= 4 is 0 Å². The lowest BCUT2D eigenvalue weighted by molar-refractivity contribution is -0.0799. The summed E-state index contributed by atoms with van der Waals surface area (Å²) >= 11 is 0. The lowest BCUT2D eigenvalue weighted by Crippen LogP contribution is -2.41. The zero-order valence-electron chi connectivity index (χ0n) is 10.1. The van der Waals surface area contributed by atoms with Gasteiger partial charge in [-0.3, -0.25) is 0 Å². The molecule has 2 fully saturated rings. The molecule has 0 radical (unpaired) electrons. The van der Waals surface area contributed by atoms with E-state index in [0.717, 1.165) is 17.9 Å². The molecule has 0 amide bonds. The summed E-state index contributed by atoms with van der Waals surface area (Å²) in [5, 5.41) is 11.1. The third kappa shape index (κ3) is 1.05. The molecule has 3 rings (SSSR count). The molecule has 2 aliphatic rings. The van der Waals surface area contributed by atoms with Crippen molar-refractivity contribution in [2.45, 2.75) is 38.7 Å². The van der Waals surface area contributed by atoms with Crippen LogP contribution < -0.4 is 0 Å². The minimum absolute atomic E-state index is 0.0824. The maximum absolute atomic E-state index is 11.1. The highest BCUT2D eigenvalue weighted by Gasteiger charge is 2.63. The Morgan fingerprint density at radius 2 is 1.94 bits per heavy atom. The van der Waals surface area contributed by atoms with Crippen LogP contribution in [0.25, 0.3) is 0 Å².